The monoisotopic (exact) mass is 351 g/mol. The van der Waals surface area contributed by atoms with Gasteiger partial charge in [-0.1, -0.05) is 24.6 Å². The molecule has 1 aromatic carbocycles. The summed E-state index contributed by atoms with van der Waals surface area (Å²) in [6, 6.07) is 7.04. The van der Waals surface area contributed by atoms with Crippen LogP contribution in [0.2, 0.25) is 0 Å². The maximum atomic E-state index is 3.72. The number of nitrogens with one attached hydrogen (secondary N) is 1. The van der Waals surface area contributed by atoms with Crippen LogP contribution in [0.3, 0.4) is 0 Å². The van der Waals surface area contributed by atoms with Gasteiger partial charge in [-0.15, -0.1) is 11.3 Å². The van der Waals surface area contributed by atoms with Crippen molar-refractivity contribution >= 4 is 27.3 Å². The van der Waals surface area contributed by atoms with E-state index in [1.165, 1.54) is 36.5 Å². The van der Waals surface area contributed by atoms with Crippen LogP contribution in [0.5, 0.6) is 0 Å². The predicted molar refractivity (Wildman–Crippen MR) is 92.9 cm³/mol. The molecule has 0 fully saturated rings. The van der Waals surface area contributed by atoms with Crippen molar-refractivity contribution in [3.63, 3.8) is 0 Å². The normalized spacial score (nSPS) is 12.7. The summed E-state index contributed by atoms with van der Waals surface area (Å²) in [6.45, 7) is 11.9. The molecule has 0 aliphatic carbocycles. The number of hydrogen-bond donors (Lipinski definition) is 1. The molecule has 0 aliphatic heterocycles. The molecule has 1 heterocycles. The fourth-order valence-electron chi connectivity index (χ4n) is 2.87. The van der Waals surface area contributed by atoms with E-state index in [9.17, 15) is 0 Å². The van der Waals surface area contributed by atoms with E-state index in [4.69, 9.17) is 0 Å². The van der Waals surface area contributed by atoms with E-state index >= 15 is 0 Å². The number of halogens is 1. The smallest absolute Gasteiger partial charge is 0.0687 e. The third-order valence-electron chi connectivity index (χ3n) is 3.53. The van der Waals surface area contributed by atoms with Crippen molar-refractivity contribution < 1.29 is 0 Å². The molecule has 0 radical (unpaired) electrons. The summed E-state index contributed by atoms with van der Waals surface area (Å²) in [5, 5.41) is 3.65. The molecule has 108 valence electrons. The van der Waals surface area contributed by atoms with E-state index in [1.54, 1.807) is 0 Å². The topological polar surface area (TPSA) is 12.0 Å². The van der Waals surface area contributed by atoms with Crippen molar-refractivity contribution in [2.24, 2.45) is 0 Å². The Kier molecular flexibility index (Phi) is 5.05. The van der Waals surface area contributed by atoms with E-state index in [2.05, 4.69) is 74.1 Å². The second-order valence-corrected chi connectivity index (χ2v) is 7.51. The lowest BCUT2D eigenvalue weighted by molar-refractivity contribution is 0.631. The maximum absolute atomic E-state index is 3.72. The maximum Gasteiger partial charge on any atom is 0.0687 e. The standard InChI is InChI=1S/C17H22BrNS/c1-6-19-16(17-14(18)9-13(5)20-17)15-11(3)7-10(2)8-12(15)4/h7-9,16,19H,6H2,1-5H3. The fraction of sp³-hybridized carbons (Fsp3) is 0.412. The van der Waals surface area contributed by atoms with Gasteiger partial charge < -0.3 is 5.32 Å². The Hall–Kier alpha value is -0.640. The highest BCUT2D eigenvalue weighted by Crippen LogP contribution is 2.38. The van der Waals surface area contributed by atoms with Crippen LogP contribution in [-0.2, 0) is 0 Å². The first-order chi connectivity index (χ1) is 9.43. The van der Waals surface area contributed by atoms with Gasteiger partial charge in [-0.2, -0.15) is 0 Å². The largest absolute Gasteiger partial charge is 0.306 e. The number of hydrogen-bond acceptors (Lipinski definition) is 2. The van der Waals surface area contributed by atoms with Gasteiger partial charge in [0.25, 0.3) is 0 Å². The van der Waals surface area contributed by atoms with E-state index in [0.717, 1.165) is 6.54 Å². The van der Waals surface area contributed by atoms with Crippen molar-refractivity contribution in [2.45, 2.75) is 40.7 Å². The zero-order chi connectivity index (χ0) is 14.9. The second-order valence-electron chi connectivity index (χ2n) is 5.37. The first-order valence-electron chi connectivity index (χ1n) is 7.01. The molecule has 1 N–H and O–H groups in total. The molecule has 1 nitrogen and oxygen atoms in total. The Balaban J connectivity index is 2.57. The summed E-state index contributed by atoms with van der Waals surface area (Å²) in [6.07, 6.45) is 0. The van der Waals surface area contributed by atoms with Crippen LogP contribution < -0.4 is 5.32 Å². The van der Waals surface area contributed by atoms with Crippen molar-refractivity contribution in [2.75, 3.05) is 6.54 Å². The van der Waals surface area contributed by atoms with Crippen LogP contribution in [-0.4, -0.2) is 6.54 Å². The molecular formula is C17H22BrNS. The summed E-state index contributed by atoms with van der Waals surface area (Å²) in [5.74, 6) is 0. The Morgan fingerprint density at radius 2 is 1.70 bits per heavy atom. The summed E-state index contributed by atoms with van der Waals surface area (Å²) >= 11 is 5.59. The second kappa shape index (κ2) is 6.42. The molecule has 1 atom stereocenters. The van der Waals surface area contributed by atoms with Crippen molar-refractivity contribution in [1.29, 1.82) is 0 Å². The molecule has 1 unspecified atom stereocenters. The highest BCUT2D eigenvalue weighted by molar-refractivity contribution is 9.10. The summed E-state index contributed by atoms with van der Waals surface area (Å²) in [7, 11) is 0. The average molecular weight is 352 g/mol. The molecule has 0 saturated heterocycles. The Morgan fingerprint density at radius 3 is 2.15 bits per heavy atom. The molecular weight excluding hydrogens is 330 g/mol. The van der Waals surface area contributed by atoms with Crippen molar-refractivity contribution in [3.8, 4) is 0 Å². The number of aryl methyl sites for hydroxylation is 4. The molecule has 0 amide bonds. The molecule has 20 heavy (non-hydrogen) atoms. The lowest BCUT2D eigenvalue weighted by atomic mass is 9.93. The third kappa shape index (κ3) is 3.16. The van der Waals surface area contributed by atoms with Crippen molar-refractivity contribution in [3.05, 3.63) is 54.7 Å². The Labute approximate surface area is 134 Å². The predicted octanol–water partition coefficient (Wildman–Crippen LogP) is 5.44. The number of thiophene rings is 1. The van der Waals surface area contributed by atoms with Gasteiger partial charge in [0.2, 0.25) is 0 Å². The molecule has 2 aromatic rings. The van der Waals surface area contributed by atoms with Gasteiger partial charge in [-0.25, -0.2) is 0 Å². The molecule has 0 aliphatic rings. The minimum atomic E-state index is 0.272. The first-order valence-corrected chi connectivity index (χ1v) is 8.62. The van der Waals surface area contributed by atoms with Gasteiger partial charge in [-0.05, 0) is 72.9 Å². The van der Waals surface area contributed by atoms with Gasteiger partial charge in [0.1, 0.15) is 0 Å². The van der Waals surface area contributed by atoms with E-state index in [1.807, 2.05) is 11.3 Å². The molecule has 2 rings (SSSR count). The third-order valence-corrected chi connectivity index (χ3v) is 5.57. The Bertz CT molecular complexity index is 592. The quantitative estimate of drug-likeness (QED) is 0.772. The fourth-order valence-corrected chi connectivity index (χ4v) is 4.84. The molecule has 3 heteroatoms. The molecule has 0 bridgehead atoms. The SMILES string of the molecule is CCNC(c1sc(C)cc1Br)c1c(C)cc(C)cc1C. The van der Waals surface area contributed by atoms with Crippen LogP contribution in [0, 0.1) is 27.7 Å². The van der Waals surface area contributed by atoms with Gasteiger partial charge in [0.15, 0.2) is 0 Å². The van der Waals surface area contributed by atoms with Gasteiger partial charge in [0, 0.05) is 14.2 Å². The zero-order valence-electron chi connectivity index (χ0n) is 12.8. The first kappa shape index (κ1) is 15.7. The van der Waals surface area contributed by atoms with E-state index in [-0.39, 0.29) is 6.04 Å². The van der Waals surface area contributed by atoms with Gasteiger partial charge in [0.05, 0.1) is 6.04 Å². The highest BCUT2D eigenvalue weighted by atomic mass is 79.9. The van der Waals surface area contributed by atoms with Crippen LogP contribution in [0.25, 0.3) is 0 Å². The number of rotatable bonds is 4. The van der Waals surface area contributed by atoms with Crippen LogP contribution in [0.4, 0.5) is 0 Å². The van der Waals surface area contributed by atoms with Crippen LogP contribution in [0.15, 0.2) is 22.7 Å². The van der Waals surface area contributed by atoms with Crippen LogP contribution in [0.1, 0.15) is 45.0 Å². The summed E-state index contributed by atoms with van der Waals surface area (Å²) < 4.78 is 1.21. The minimum absolute atomic E-state index is 0.272. The molecule has 1 aromatic heterocycles. The summed E-state index contributed by atoms with van der Waals surface area (Å²) in [4.78, 5) is 2.72. The number of benzene rings is 1. The Morgan fingerprint density at radius 1 is 1.10 bits per heavy atom. The summed E-state index contributed by atoms with van der Waals surface area (Å²) in [5.41, 5.74) is 5.48. The van der Waals surface area contributed by atoms with Crippen molar-refractivity contribution in [1.82, 2.24) is 5.32 Å². The highest BCUT2D eigenvalue weighted by Gasteiger charge is 2.21. The average Bonchev–Trinajstić information content (AvgIpc) is 2.66. The lowest BCUT2D eigenvalue weighted by Crippen LogP contribution is -2.23. The van der Waals surface area contributed by atoms with E-state index < -0.39 is 0 Å². The molecule has 0 spiro atoms. The minimum Gasteiger partial charge on any atom is -0.306 e. The molecule has 0 saturated carbocycles. The van der Waals surface area contributed by atoms with Gasteiger partial charge >= 0.3 is 0 Å². The van der Waals surface area contributed by atoms with Crippen LogP contribution >= 0.6 is 27.3 Å². The van der Waals surface area contributed by atoms with Gasteiger partial charge in [-0.3, -0.25) is 0 Å². The lowest BCUT2D eigenvalue weighted by Gasteiger charge is -2.23. The zero-order valence-corrected chi connectivity index (χ0v) is 15.2. The van der Waals surface area contributed by atoms with E-state index in [0.29, 0.717) is 0 Å².